The van der Waals surface area contributed by atoms with E-state index in [9.17, 15) is 14.0 Å². The monoisotopic (exact) mass is 384 g/mol. The number of carbonyl (C=O) groups is 2. The number of hydrogen-bond acceptors (Lipinski definition) is 4. The van der Waals surface area contributed by atoms with E-state index >= 15 is 0 Å². The second-order valence-corrected chi connectivity index (χ2v) is 6.84. The molecule has 2 aromatic carbocycles. The molecule has 146 valence electrons. The van der Waals surface area contributed by atoms with Gasteiger partial charge in [0.05, 0.1) is 31.4 Å². The number of nitrogens with one attached hydrogen (secondary N) is 1. The molecule has 2 amide bonds. The summed E-state index contributed by atoms with van der Waals surface area (Å²) in [5.41, 5.74) is 1.20. The summed E-state index contributed by atoms with van der Waals surface area (Å²) in [4.78, 5) is 26.7. The summed E-state index contributed by atoms with van der Waals surface area (Å²) in [6.45, 7) is 0.669. The van der Waals surface area contributed by atoms with Gasteiger partial charge in [-0.25, -0.2) is 4.39 Å². The van der Waals surface area contributed by atoms with Crippen molar-refractivity contribution in [2.45, 2.75) is 25.3 Å². The van der Waals surface area contributed by atoms with Gasteiger partial charge in [-0.3, -0.25) is 14.5 Å². The Hall–Kier alpha value is -3.09. The van der Waals surface area contributed by atoms with Crippen molar-refractivity contribution in [1.82, 2.24) is 5.32 Å². The maximum absolute atomic E-state index is 13.7. The van der Waals surface area contributed by atoms with Crippen LogP contribution in [-0.4, -0.2) is 31.6 Å². The SMILES string of the molecule is O=C(CN1C(=O)CCOc2ccccc21)N[C@@H]1CCCOc2ccc(F)cc21. The van der Waals surface area contributed by atoms with Crippen LogP contribution >= 0.6 is 0 Å². The van der Waals surface area contributed by atoms with E-state index in [4.69, 9.17) is 9.47 Å². The number of para-hydroxylation sites is 2. The first kappa shape index (κ1) is 18.3. The summed E-state index contributed by atoms with van der Waals surface area (Å²) >= 11 is 0. The second-order valence-electron chi connectivity index (χ2n) is 6.84. The van der Waals surface area contributed by atoms with Crippen LogP contribution in [-0.2, 0) is 9.59 Å². The Balaban J connectivity index is 1.53. The van der Waals surface area contributed by atoms with Gasteiger partial charge in [-0.05, 0) is 43.2 Å². The summed E-state index contributed by atoms with van der Waals surface area (Å²) in [5, 5.41) is 2.94. The normalized spacial score (nSPS) is 18.7. The van der Waals surface area contributed by atoms with Crippen molar-refractivity contribution in [3.05, 3.63) is 53.8 Å². The van der Waals surface area contributed by atoms with Gasteiger partial charge in [0.1, 0.15) is 23.9 Å². The summed E-state index contributed by atoms with van der Waals surface area (Å²) in [5.74, 6) is 0.297. The van der Waals surface area contributed by atoms with E-state index in [1.165, 1.54) is 17.0 Å². The largest absolute Gasteiger partial charge is 0.493 e. The number of ether oxygens (including phenoxy) is 2. The zero-order valence-corrected chi connectivity index (χ0v) is 15.3. The second kappa shape index (κ2) is 7.88. The van der Waals surface area contributed by atoms with E-state index in [0.29, 0.717) is 35.8 Å². The molecule has 6 nitrogen and oxygen atoms in total. The van der Waals surface area contributed by atoms with Crippen molar-refractivity contribution in [3.8, 4) is 11.5 Å². The van der Waals surface area contributed by atoms with Gasteiger partial charge in [0, 0.05) is 5.56 Å². The Morgan fingerprint density at radius 3 is 2.86 bits per heavy atom. The molecule has 0 fully saturated rings. The zero-order chi connectivity index (χ0) is 19.5. The van der Waals surface area contributed by atoms with Gasteiger partial charge in [-0.15, -0.1) is 0 Å². The molecule has 0 saturated carbocycles. The van der Waals surface area contributed by atoms with E-state index in [-0.39, 0.29) is 43.2 Å². The van der Waals surface area contributed by atoms with Gasteiger partial charge in [0.15, 0.2) is 0 Å². The van der Waals surface area contributed by atoms with Crippen LogP contribution in [0.4, 0.5) is 10.1 Å². The maximum Gasteiger partial charge on any atom is 0.240 e. The summed E-state index contributed by atoms with van der Waals surface area (Å²) in [6.07, 6.45) is 1.57. The fourth-order valence-corrected chi connectivity index (χ4v) is 3.57. The average molecular weight is 384 g/mol. The molecule has 28 heavy (non-hydrogen) atoms. The molecule has 2 aromatic rings. The number of rotatable bonds is 3. The summed E-state index contributed by atoms with van der Waals surface area (Å²) in [6, 6.07) is 11.1. The summed E-state index contributed by atoms with van der Waals surface area (Å²) in [7, 11) is 0. The van der Waals surface area contributed by atoms with Crippen LogP contribution in [0.25, 0.3) is 0 Å². The highest BCUT2D eigenvalue weighted by Crippen LogP contribution is 2.33. The number of anilines is 1. The Morgan fingerprint density at radius 2 is 1.96 bits per heavy atom. The third kappa shape index (κ3) is 3.78. The molecular formula is C21H21FN2O4. The highest BCUT2D eigenvalue weighted by molar-refractivity contribution is 6.00. The van der Waals surface area contributed by atoms with Crippen LogP contribution in [0.5, 0.6) is 11.5 Å². The predicted molar refractivity (Wildman–Crippen MR) is 101 cm³/mol. The lowest BCUT2D eigenvalue weighted by molar-refractivity contribution is -0.124. The Bertz CT molecular complexity index is 902. The average Bonchev–Trinajstić information content (AvgIpc) is 2.97. The van der Waals surface area contributed by atoms with Crippen molar-refractivity contribution >= 4 is 17.5 Å². The first-order chi connectivity index (χ1) is 13.6. The number of fused-ring (bicyclic) bond motifs is 2. The van der Waals surface area contributed by atoms with Crippen LogP contribution in [0.15, 0.2) is 42.5 Å². The zero-order valence-electron chi connectivity index (χ0n) is 15.3. The lowest BCUT2D eigenvalue weighted by Gasteiger charge is -2.24. The van der Waals surface area contributed by atoms with Crippen LogP contribution in [0.2, 0.25) is 0 Å². The maximum atomic E-state index is 13.7. The highest BCUT2D eigenvalue weighted by atomic mass is 19.1. The standard InChI is InChI=1S/C21H21FN2O4/c22-14-7-8-18-15(12-14)16(4-3-10-27-18)23-20(25)13-24-17-5-1-2-6-19(17)28-11-9-21(24)26/h1-2,5-8,12,16H,3-4,9-11,13H2,(H,23,25)/t16-/m1/s1. The van der Waals surface area contributed by atoms with Gasteiger partial charge < -0.3 is 14.8 Å². The van der Waals surface area contributed by atoms with Crippen LogP contribution in [0, 0.1) is 5.82 Å². The Kier molecular flexibility index (Phi) is 5.14. The molecule has 0 aromatic heterocycles. The van der Waals surface area contributed by atoms with Crippen molar-refractivity contribution < 1.29 is 23.5 Å². The molecule has 2 aliphatic heterocycles. The minimum Gasteiger partial charge on any atom is -0.493 e. The van der Waals surface area contributed by atoms with Gasteiger partial charge in [0.25, 0.3) is 0 Å². The Labute approximate surface area is 162 Å². The van der Waals surface area contributed by atoms with Gasteiger partial charge in [0.2, 0.25) is 11.8 Å². The fourth-order valence-electron chi connectivity index (χ4n) is 3.57. The molecule has 0 saturated heterocycles. The van der Waals surface area contributed by atoms with E-state index in [1.807, 2.05) is 6.07 Å². The lowest BCUT2D eigenvalue weighted by Crippen LogP contribution is -2.41. The first-order valence-electron chi connectivity index (χ1n) is 9.35. The van der Waals surface area contributed by atoms with Crippen molar-refractivity contribution in [3.63, 3.8) is 0 Å². The number of amides is 2. The van der Waals surface area contributed by atoms with Crippen LogP contribution < -0.4 is 19.7 Å². The van der Waals surface area contributed by atoms with Crippen LogP contribution in [0.1, 0.15) is 30.9 Å². The molecule has 2 aliphatic rings. The van der Waals surface area contributed by atoms with E-state index in [0.717, 1.165) is 6.42 Å². The van der Waals surface area contributed by atoms with Crippen molar-refractivity contribution in [2.24, 2.45) is 0 Å². The molecule has 2 heterocycles. The molecule has 1 atom stereocenters. The molecule has 0 radical (unpaired) electrons. The smallest absolute Gasteiger partial charge is 0.240 e. The van der Waals surface area contributed by atoms with Gasteiger partial charge >= 0.3 is 0 Å². The molecule has 0 unspecified atom stereocenters. The van der Waals surface area contributed by atoms with Crippen LogP contribution in [0.3, 0.4) is 0 Å². The number of hydrogen-bond donors (Lipinski definition) is 1. The highest BCUT2D eigenvalue weighted by Gasteiger charge is 2.27. The number of nitrogens with zero attached hydrogens (tertiary/aromatic N) is 1. The summed E-state index contributed by atoms with van der Waals surface area (Å²) < 4.78 is 25.0. The molecule has 1 N–H and O–H groups in total. The predicted octanol–water partition coefficient (Wildman–Crippen LogP) is 2.97. The minimum atomic E-state index is -0.378. The molecule has 0 spiro atoms. The number of carbonyl (C=O) groups excluding carboxylic acids is 2. The molecule has 0 aliphatic carbocycles. The van der Waals surface area contributed by atoms with E-state index in [2.05, 4.69) is 5.32 Å². The first-order valence-corrected chi connectivity index (χ1v) is 9.35. The number of halogens is 1. The number of benzene rings is 2. The van der Waals surface area contributed by atoms with Crippen molar-refractivity contribution in [2.75, 3.05) is 24.7 Å². The molecule has 0 bridgehead atoms. The molecule has 7 heteroatoms. The minimum absolute atomic E-state index is 0.124. The Morgan fingerprint density at radius 1 is 1.14 bits per heavy atom. The van der Waals surface area contributed by atoms with E-state index in [1.54, 1.807) is 24.3 Å². The lowest BCUT2D eigenvalue weighted by atomic mass is 10.0. The third-order valence-corrected chi connectivity index (χ3v) is 4.91. The van der Waals surface area contributed by atoms with E-state index < -0.39 is 0 Å². The third-order valence-electron chi connectivity index (χ3n) is 4.91. The topological polar surface area (TPSA) is 67.9 Å². The molecular weight excluding hydrogens is 363 g/mol. The quantitative estimate of drug-likeness (QED) is 0.884. The molecule has 4 rings (SSSR count). The van der Waals surface area contributed by atoms with Gasteiger partial charge in [-0.1, -0.05) is 12.1 Å². The fraction of sp³-hybridized carbons (Fsp3) is 0.333. The van der Waals surface area contributed by atoms with Crippen molar-refractivity contribution in [1.29, 1.82) is 0 Å². The van der Waals surface area contributed by atoms with Gasteiger partial charge in [-0.2, -0.15) is 0 Å².